The van der Waals surface area contributed by atoms with Crippen molar-refractivity contribution < 1.29 is 9.90 Å². The van der Waals surface area contributed by atoms with Crippen LogP contribution in [0.4, 0.5) is 0 Å². The van der Waals surface area contributed by atoms with E-state index in [0.717, 1.165) is 28.6 Å². The van der Waals surface area contributed by atoms with E-state index in [-0.39, 0.29) is 6.04 Å². The Morgan fingerprint density at radius 1 is 1.12 bits per heavy atom. The molecule has 0 radical (unpaired) electrons. The number of nitrogens with zero attached hydrogens (tertiary/aromatic N) is 1. The zero-order chi connectivity index (χ0) is 17.3. The molecule has 2 aromatic rings. The summed E-state index contributed by atoms with van der Waals surface area (Å²) in [4.78, 5) is 13.7. The molecule has 3 nitrogen and oxygen atoms in total. The van der Waals surface area contributed by atoms with Gasteiger partial charge in [0, 0.05) is 11.0 Å². The fraction of sp³-hybridized carbons (Fsp3) is 0.278. The van der Waals surface area contributed by atoms with Gasteiger partial charge >= 0.3 is 5.97 Å². The first-order chi connectivity index (χ1) is 11.5. The minimum absolute atomic E-state index is 0.170. The number of hydrogen-bond donors (Lipinski definition) is 1. The standard InChI is InChI=1S/C18H16BrCl2NO2/c19-13-6-3-11(4-7-13)17(12-5-8-14(20)15(21)10-12)22-9-1-2-16(22)18(23)24/h3-8,10,16-17H,1-2,9H2,(H,23,24). The van der Waals surface area contributed by atoms with Gasteiger partial charge in [-0.3, -0.25) is 9.69 Å². The van der Waals surface area contributed by atoms with Crippen molar-refractivity contribution in [3.8, 4) is 0 Å². The fourth-order valence-corrected chi connectivity index (χ4v) is 3.84. The molecule has 0 bridgehead atoms. The molecule has 2 unspecified atom stereocenters. The molecule has 1 saturated heterocycles. The molecule has 0 saturated carbocycles. The monoisotopic (exact) mass is 427 g/mol. The normalized spacial score (nSPS) is 19.4. The van der Waals surface area contributed by atoms with Gasteiger partial charge in [0.15, 0.2) is 0 Å². The van der Waals surface area contributed by atoms with E-state index in [1.165, 1.54) is 0 Å². The van der Waals surface area contributed by atoms with Crippen molar-refractivity contribution >= 4 is 45.1 Å². The SMILES string of the molecule is O=C(O)C1CCCN1C(c1ccc(Br)cc1)c1ccc(Cl)c(Cl)c1. The number of benzene rings is 2. The molecule has 1 aliphatic heterocycles. The van der Waals surface area contributed by atoms with Crippen LogP contribution in [0.15, 0.2) is 46.9 Å². The van der Waals surface area contributed by atoms with E-state index in [1.54, 1.807) is 6.07 Å². The molecule has 3 rings (SSSR count). The molecule has 126 valence electrons. The lowest BCUT2D eigenvalue weighted by Crippen LogP contribution is -2.39. The Labute approximate surface area is 159 Å². The summed E-state index contributed by atoms with van der Waals surface area (Å²) >= 11 is 15.7. The second-order valence-corrected chi connectivity index (χ2v) is 7.59. The number of carboxylic acids is 1. The Morgan fingerprint density at radius 3 is 2.42 bits per heavy atom. The molecule has 1 heterocycles. The molecular formula is C18H16BrCl2NO2. The molecule has 0 aliphatic carbocycles. The summed E-state index contributed by atoms with van der Waals surface area (Å²) in [5.74, 6) is -0.783. The number of rotatable bonds is 4. The van der Waals surface area contributed by atoms with Crippen molar-refractivity contribution in [1.82, 2.24) is 4.90 Å². The van der Waals surface area contributed by atoms with Crippen LogP contribution in [0.25, 0.3) is 0 Å². The smallest absolute Gasteiger partial charge is 0.320 e. The minimum Gasteiger partial charge on any atom is -0.480 e. The van der Waals surface area contributed by atoms with Crippen LogP contribution in [0.3, 0.4) is 0 Å². The van der Waals surface area contributed by atoms with Crippen LogP contribution in [-0.4, -0.2) is 28.6 Å². The van der Waals surface area contributed by atoms with E-state index < -0.39 is 12.0 Å². The molecule has 2 atom stereocenters. The van der Waals surface area contributed by atoms with Gasteiger partial charge in [0.05, 0.1) is 16.1 Å². The lowest BCUT2D eigenvalue weighted by molar-refractivity contribution is -0.142. The van der Waals surface area contributed by atoms with Gasteiger partial charge in [0.25, 0.3) is 0 Å². The average Bonchev–Trinajstić information content (AvgIpc) is 3.02. The highest BCUT2D eigenvalue weighted by Crippen LogP contribution is 2.37. The van der Waals surface area contributed by atoms with Crippen molar-refractivity contribution in [3.05, 3.63) is 68.1 Å². The van der Waals surface area contributed by atoms with Crippen LogP contribution in [0.5, 0.6) is 0 Å². The maximum absolute atomic E-state index is 11.7. The van der Waals surface area contributed by atoms with Crippen molar-refractivity contribution in [2.45, 2.75) is 24.9 Å². The second-order valence-electron chi connectivity index (χ2n) is 5.86. The summed E-state index contributed by atoms with van der Waals surface area (Å²) in [6, 6.07) is 12.8. The Balaban J connectivity index is 2.08. The number of likely N-dealkylation sites (tertiary alicyclic amines) is 1. The van der Waals surface area contributed by atoms with Crippen molar-refractivity contribution in [2.24, 2.45) is 0 Å². The number of hydrogen-bond acceptors (Lipinski definition) is 2. The van der Waals surface area contributed by atoms with E-state index in [9.17, 15) is 9.90 Å². The molecule has 6 heteroatoms. The first-order valence-corrected chi connectivity index (χ1v) is 9.21. The molecule has 24 heavy (non-hydrogen) atoms. The third-order valence-electron chi connectivity index (χ3n) is 4.36. The molecule has 0 amide bonds. The van der Waals surface area contributed by atoms with Gasteiger partial charge in [0.1, 0.15) is 6.04 Å². The molecule has 1 N–H and O–H groups in total. The summed E-state index contributed by atoms with van der Waals surface area (Å²) in [5.41, 5.74) is 1.98. The van der Waals surface area contributed by atoms with Crippen LogP contribution < -0.4 is 0 Å². The lowest BCUT2D eigenvalue weighted by Gasteiger charge is -2.32. The highest BCUT2D eigenvalue weighted by Gasteiger charge is 2.36. The highest BCUT2D eigenvalue weighted by molar-refractivity contribution is 9.10. The quantitative estimate of drug-likeness (QED) is 0.709. The number of halogens is 3. The van der Waals surface area contributed by atoms with Crippen molar-refractivity contribution in [1.29, 1.82) is 0 Å². The third kappa shape index (κ3) is 3.62. The zero-order valence-electron chi connectivity index (χ0n) is 12.8. The summed E-state index contributed by atoms with van der Waals surface area (Å²) in [5, 5.41) is 10.5. The molecule has 2 aromatic carbocycles. The molecule has 1 aliphatic rings. The van der Waals surface area contributed by atoms with Gasteiger partial charge in [-0.15, -0.1) is 0 Å². The molecule has 0 spiro atoms. The zero-order valence-corrected chi connectivity index (χ0v) is 15.9. The van der Waals surface area contributed by atoms with E-state index in [4.69, 9.17) is 23.2 Å². The molecule has 1 fully saturated rings. The highest BCUT2D eigenvalue weighted by atomic mass is 79.9. The van der Waals surface area contributed by atoms with Gasteiger partial charge in [-0.1, -0.05) is 57.3 Å². The first kappa shape index (κ1) is 17.7. The van der Waals surface area contributed by atoms with Crippen molar-refractivity contribution in [3.63, 3.8) is 0 Å². The summed E-state index contributed by atoms with van der Waals surface area (Å²) in [6.07, 6.45) is 1.52. The summed E-state index contributed by atoms with van der Waals surface area (Å²) in [7, 11) is 0. The van der Waals surface area contributed by atoms with Crippen LogP contribution >= 0.6 is 39.1 Å². The second kappa shape index (κ2) is 7.44. The minimum atomic E-state index is -0.783. The van der Waals surface area contributed by atoms with E-state index in [0.29, 0.717) is 16.5 Å². The van der Waals surface area contributed by atoms with E-state index in [2.05, 4.69) is 15.9 Å². The summed E-state index contributed by atoms with van der Waals surface area (Å²) in [6.45, 7) is 0.734. The maximum atomic E-state index is 11.7. The predicted octanol–water partition coefficient (Wildman–Crippen LogP) is 5.39. The number of aliphatic carboxylic acids is 1. The largest absolute Gasteiger partial charge is 0.480 e. The Kier molecular flexibility index (Phi) is 5.50. The average molecular weight is 429 g/mol. The van der Waals surface area contributed by atoms with Gasteiger partial charge < -0.3 is 5.11 Å². The third-order valence-corrected chi connectivity index (χ3v) is 5.62. The van der Waals surface area contributed by atoms with Gasteiger partial charge in [-0.05, 0) is 48.2 Å². The van der Waals surface area contributed by atoms with Gasteiger partial charge in [0.2, 0.25) is 0 Å². The predicted molar refractivity (Wildman–Crippen MR) is 99.8 cm³/mol. The Bertz CT molecular complexity index is 751. The fourth-order valence-electron chi connectivity index (χ4n) is 3.27. The molecule has 0 aromatic heterocycles. The van der Waals surface area contributed by atoms with Crippen molar-refractivity contribution in [2.75, 3.05) is 6.54 Å². The lowest BCUT2D eigenvalue weighted by atomic mass is 9.96. The topological polar surface area (TPSA) is 40.5 Å². The Hall–Kier alpha value is -1.07. The van der Waals surface area contributed by atoms with Crippen LogP contribution in [-0.2, 0) is 4.79 Å². The number of carbonyl (C=O) groups is 1. The summed E-state index contributed by atoms with van der Waals surface area (Å²) < 4.78 is 0.982. The van der Waals surface area contributed by atoms with Crippen LogP contribution in [0, 0.1) is 0 Å². The van der Waals surface area contributed by atoms with Gasteiger partial charge in [-0.2, -0.15) is 0 Å². The van der Waals surface area contributed by atoms with E-state index >= 15 is 0 Å². The maximum Gasteiger partial charge on any atom is 0.320 e. The first-order valence-electron chi connectivity index (χ1n) is 7.66. The van der Waals surface area contributed by atoms with Crippen LogP contribution in [0.1, 0.15) is 30.0 Å². The van der Waals surface area contributed by atoms with Crippen LogP contribution in [0.2, 0.25) is 10.0 Å². The van der Waals surface area contributed by atoms with E-state index in [1.807, 2.05) is 41.3 Å². The van der Waals surface area contributed by atoms with Gasteiger partial charge in [-0.25, -0.2) is 0 Å². The molecular weight excluding hydrogens is 413 g/mol. The Morgan fingerprint density at radius 2 is 1.79 bits per heavy atom. The number of carboxylic acid groups (broad SMARTS) is 1.